The van der Waals surface area contributed by atoms with Crippen molar-refractivity contribution in [3.05, 3.63) is 23.5 Å². The predicted octanol–water partition coefficient (Wildman–Crippen LogP) is 3.58. The van der Waals surface area contributed by atoms with Crippen LogP contribution in [0.3, 0.4) is 0 Å². The number of hydrogen-bond acceptors (Lipinski definition) is 14. The molecule has 2 aromatic heterocycles. The van der Waals surface area contributed by atoms with E-state index >= 15 is 0 Å². The van der Waals surface area contributed by atoms with Crippen LogP contribution in [0.4, 0.5) is 4.79 Å². The Bertz CT molecular complexity index is 1760. The number of carbonyl (C=O) groups excluding carboxylic acids is 4. The number of ketones is 2. The van der Waals surface area contributed by atoms with Crippen LogP contribution in [0.1, 0.15) is 80.4 Å². The van der Waals surface area contributed by atoms with Crippen molar-refractivity contribution < 1.29 is 47.8 Å². The molecule has 16 heteroatoms. The van der Waals surface area contributed by atoms with Gasteiger partial charge in [0.15, 0.2) is 12.1 Å². The maximum absolute atomic E-state index is 14.4. The lowest BCUT2D eigenvalue weighted by molar-refractivity contribution is -0.296. The minimum Gasteiger partial charge on any atom is -0.459 e. The summed E-state index contributed by atoms with van der Waals surface area (Å²) in [4.78, 5) is 62.2. The quantitative estimate of drug-likeness (QED) is 0.210. The van der Waals surface area contributed by atoms with E-state index < -0.39 is 83.2 Å². The number of aliphatic hydroxyl groups is 1. The van der Waals surface area contributed by atoms with E-state index in [0.29, 0.717) is 24.3 Å². The molecule has 0 unspecified atom stereocenters. The molecule has 2 aromatic rings. The third-order valence-electron chi connectivity index (χ3n) is 11.5. The maximum atomic E-state index is 14.4. The number of nitrogens with zero attached hydrogens (tertiary/aromatic N) is 3. The Balaban J connectivity index is 1.55. The molecule has 0 spiro atoms. The van der Waals surface area contributed by atoms with E-state index in [-0.39, 0.29) is 31.0 Å². The lowest BCUT2D eigenvalue weighted by atomic mass is 9.73. The smallest absolute Gasteiger partial charge is 0.316 e. The molecule has 5 heterocycles. The van der Waals surface area contributed by atoms with Crippen molar-refractivity contribution in [1.29, 1.82) is 0 Å². The number of ether oxygens (including phenoxy) is 4. The highest BCUT2D eigenvalue weighted by atomic mass is 32.1. The molecule has 0 radical (unpaired) electrons. The SMILES string of the molecule is CC[C@H]1OC(=O)[C@H](C)C(=O)[C@H](C)[C@@H](O[C@@H]2O[C@H](C)C[C@H](N(C)C)[C@H]2O)[C@](C)(OCC#Cc2cc(-c3cncs3)no2)C[C@@H](C)C(=O)[C@H](C)[C@H]2NC(=O)N[C@@]21C. The van der Waals surface area contributed by atoms with Crippen molar-refractivity contribution >= 4 is 34.9 Å². The lowest BCUT2D eigenvalue weighted by Crippen LogP contribution is -2.62. The van der Waals surface area contributed by atoms with Gasteiger partial charge in [-0.3, -0.25) is 19.4 Å². The van der Waals surface area contributed by atoms with Crippen LogP contribution in [0.2, 0.25) is 0 Å². The number of thiazole rings is 1. The summed E-state index contributed by atoms with van der Waals surface area (Å²) in [5.41, 5.74) is -0.293. The summed E-state index contributed by atoms with van der Waals surface area (Å²) in [5.74, 6) is 1.06. The Morgan fingerprint density at radius 2 is 1.82 bits per heavy atom. The molecular weight excluding hydrogens is 731 g/mol. The Kier molecular flexibility index (Phi) is 13.3. The van der Waals surface area contributed by atoms with Gasteiger partial charge in [-0.15, -0.1) is 11.3 Å². The summed E-state index contributed by atoms with van der Waals surface area (Å²) in [6.07, 6.45) is -2.00. The monoisotopic (exact) mass is 785 g/mol. The normalized spacial score (nSPS) is 37.6. The topological polar surface area (TPSA) is 192 Å². The van der Waals surface area contributed by atoms with E-state index in [1.807, 2.05) is 32.8 Å². The highest BCUT2D eigenvalue weighted by molar-refractivity contribution is 7.13. The Hall–Kier alpha value is -3.72. The third-order valence-corrected chi connectivity index (χ3v) is 12.3. The molecule has 0 saturated carbocycles. The second-order valence-corrected chi connectivity index (χ2v) is 16.8. The first kappa shape index (κ1) is 42.4. The van der Waals surface area contributed by atoms with Crippen molar-refractivity contribution in [2.75, 3.05) is 20.7 Å². The fourth-order valence-corrected chi connectivity index (χ4v) is 8.97. The molecule has 15 nitrogen and oxygen atoms in total. The molecule has 5 rings (SSSR count). The van der Waals surface area contributed by atoms with Gasteiger partial charge in [0.05, 0.1) is 39.8 Å². The van der Waals surface area contributed by atoms with Gasteiger partial charge in [-0.05, 0) is 67.0 Å². The number of hydrogen-bond donors (Lipinski definition) is 3. The van der Waals surface area contributed by atoms with E-state index in [2.05, 4.69) is 32.6 Å². The molecule has 3 N–H and O–H groups in total. The van der Waals surface area contributed by atoms with Gasteiger partial charge in [0.1, 0.15) is 36.2 Å². The zero-order valence-corrected chi connectivity index (χ0v) is 34.1. The van der Waals surface area contributed by atoms with E-state index in [1.54, 1.807) is 52.4 Å². The molecular formula is C39H55N5O10S. The molecule has 0 aromatic carbocycles. The van der Waals surface area contributed by atoms with E-state index in [1.165, 1.54) is 18.3 Å². The van der Waals surface area contributed by atoms with Gasteiger partial charge in [-0.2, -0.15) is 0 Å². The zero-order chi connectivity index (χ0) is 40.4. The number of nitrogens with one attached hydrogen (secondary N) is 2. The summed E-state index contributed by atoms with van der Waals surface area (Å²) in [7, 11) is 3.71. The fraction of sp³-hybridized carbons (Fsp3) is 0.692. The number of likely N-dealkylation sites (N-methyl/N-ethyl adjacent to an activating group) is 1. The van der Waals surface area contributed by atoms with Crippen LogP contribution >= 0.6 is 11.3 Å². The van der Waals surface area contributed by atoms with Gasteiger partial charge >= 0.3 is 12.0 Å². The van der Waals surface area contributed by atoms with Crippen molar-refractivity contribution in [1.82, 2.24) is 25.7 Å². The van der Waals surface area contributed by atoms with Crippen LogP contribution in [0, 0.1) is 35.5 Å². The van der Waals surface area contributed by atoms with Gasteiger partial charge in [0.2, 0.25) is 5.76 Å². The van der Waals surface area contributed by atoms with Gasteiger partial charge < -0.3 is 44.1 Å². The molecule has 3 fully saturated rings. The van der Waals surface area contributed by atoms with Crippen molar-refractivity contribution in [3.8, 4) is 22.4 Å². The number of cyclic esters (lactones) is 1. The number of urea groups is 1. The molecule has 3 aliphatic heterocycles. The van der Waals surface area contributed by atoms with E-state index in [0.717, 1.165) is 4.88 Å². The van der Waals surface area contributed by atoms with E-state index in [9.17, 15) is 24.3 Å². The second kappa shape index (κ2) is 17.2. The van der Waals surface area contributed by atoms with Crippen LogP contribution in [-0.2, 0) is 33.3 Å². The zero-order valence-electron chi connectivity index (χ0n) is 33.3. The molecule has 3 saturated heterocycles. The van der Waals surface area contributed by atoms with Crippen molar-refractivity contribution in [2.45, 2.75) is 129 Å². The van der Waals surface area contributed by atoms with Crippen LogP contribution in [0.25, 0.3) is 10.6 Å². The molecule has 3 aliphatic rings. The first-order chi connectivity index (χ1) is 25.9. The molecule has 0 aliphatic carbocycles. The first-order valence-electron chi connectivity index (χ1n) is 18.9. The Morgan fingerprint density at radius 3 is 2.47 bits per heavy atom. The largest absolute Gasteiger partial charge is 0.459 e. The highest BCUT2D eigenvalue weighted by Gasteiger charge is 2.55. The molecule has 55 heavy (non-hydrogen) atoms. The van der Waals surface area contributed by atoms with Gasteiger partial charge in [0.25, 0.3) is 0 Å². The van der Waals surface area contributed by atoms with E-state index in [4.69, 9.17) is 23.5 Å². The average molecular weight is 786 g/mol. The second-order valence-electron chi connectivity index (χ2n) is 15.9. The number of amides is 2. The van der Waals surface area contributed by atoms with Crippen LogP contribution in [-0.4, -0.2) is 118 Å². The van der Waals surface area contributed by atoms with Gasteiger partial charge in [-0.25, -0.2) is 4.79 Å². The molecule has 302 valence electrons. The number of aromatic nitrogens is 2. The molecule has 2 amide bonds. The first-order valence-corrected chi connectivity index (χ1v) is 19.8. The Labute approximate surface area is 326 Å². The standard InChI is InChI=1S/C39H55N5O10S/c1-11-29-39(8)33(41-37(49)42-39)22(4)30(45)20(2)17-38(7,50-14-12-13-25-16-26(43-54-25)28-18-40-19-55-28)34(23(5)31(46)24(6)35(48)52-29)53-36-32(47)27(44(9)10)15-21(3)51-36/h16,18-24,27,29,32-34,36,47H,11,14-15,17H2,1-10H3,(H2,41,42,49)/t20-,21-,22+,23+,24-,27+,29-,32-,33-,34-,36+,38-,39-/m1/s1. The van der Waals surface area contributed by atoms with Crippen LogP contribution < -0.4 is 10.6 Å². The van der Waals surface area contributed by atoms with Crippen molar-refractivity contribution in [3.63, 3.8) is 0 Å². The third kappa shape index (κ3) is 8.97. The number of carbonyl (C=O) groups is 4. The van der Waals surface area contributed by atoms with Crippen molar-refractivity contribution in [2.24, 2.45) is 23.7 Å². The summed E-state index contributed by atoms with van der Waals surface area (Å²) in [5, 5.41) is 21.4. The average Bonchev–Trinajstić information content (AvgIpc) is 3.91. The maximum Gasteiger partial charge on any atom is 0.316 e. The minimum absolute atomic E-state index is 0.0499. The molecule has 0 bridgehead atoms. The molecule has 13 atom stereocenters. The fourth-order valence-electron chi connectivity index (χ4n) is 8.39. The number of Topliss-reactive ketones (excluding diaryl/α,β-unsaturated/α-hetero) is 2. The number of rotatable bonds is 7. The number of esters is 1. The van der Waals surface area contributed by atoms with Crippen LogP contribution in [0.15, 0.2) is 22.3 Å². The Morgan fingerprint density at radius 1 is 1.09 bits per heavy atom. The highest BCUT2D eigenvalue weighted by Crippen LogP contribution is 2.39. The van der Waals surface area contributed by atoms with Gasteiger partial charge in [-0.1, -0.05) is 38.8 Å². The summed E-state index contributed by atoms with van der Waals surface area (Å²) < 4.78 is 30.9. The predicted molar refractivity (Wildman–Crippen MR) is 201 cm³/mol. The minimum atomic E-state index is -1.43. The van der Waals surface area contributed by atoms with Crippen LogP contribution in [0.5, 0.6) is 0 Å². The number of fused-ring (bicyclic) bond motifs is 1. The van der Waals surface area contributed by atoms with Gasteiger partial charge in [0, 0.05) is 36.1 Å². The summed E-state index contributed by atoms with van der Waals surface area (Å²) in [6.45, 7) is 13.6. The lowest BCUT2D eigenvalue weighted by Gasteiger charge is -2.47. The number of aliphatic hydroxyl groups excluding tert-OH is 1. The summed E-state index contributed by atoms with van der Waals surface area (Å²) in [6, 6.07) is 0.145. The summed E-state index contributed by atoms with van der Waals surface area (Å²) >= 11 is 1.41.